The summed E-state index contributed by atoms with van der Waals surface area (Å²) in [6.07, 6.45) is 1.77. The lowest BCUT2D eigenvalue weighted by atomic mass is 10.3. The molecule has 0 aliphatic rings. The van der Waals surface area contributed by atoms with E-state index in [1.54, 1.807) is 6.20 Å². The van der Waals surface area contributed by atoms with Crippen molar-refractivity contribution in [2.75, 3.05) is 13.2 Å². The minimum atomic E-state index is -0.0530. The molecule has 1 aromatic heterocycles. The number of aliphatic hydroxyl groups is 1. The zero-order valence-electron chi connectivity index (χ0n) is 9.93. The third kappa shape index (κ3) is 4.12. The number of rotatable bonds is 6. The van der Waals surface area contributed by atoms with Crippen molar-refractivity contribution in [2.24, 2.45) is 0 Å². The van der Waals surface area contributed by atoms with Gasteiger partial charge in [0, 0.05) is 11.8 Å². The normalized spacial score (nSPS) is 10.8. The van der Waals surface area contributed by atoms with Gasteiger partial charge >= 0.3 is 6.01 Å². The Labute approximate surface area is 95.4 Å². The Kier molecular flexibility index (Phi) is 5.14. The van der Waals surface area contributed by atoms with Crippen LogP contribution in [0.15, 0.2) is 6.20 Å². The molecular formula is C11H18N2O3. The number of aliphatic hydroxyl groups excluding tert-OH is 1. The maximum Gasteiger partial charge on any atom is 0.316 e. The highest BCUT2D eigenvalue weighted by molar-refractivity contribution is 5.16. The van der Waals surface area contributed by atoms with Crippen LogP contribution < -0.4 is 4.74 Å². The standard InChI is InChI=1S/C11H18N2O3/c1-8(2)15-4-5-16-11-12-6-10(7-14)9(3)13-11/h6,8,14H,4-5,7H2,1-3H3. The van der Waals surface area contributed by atoms with E-state index in [1.807, 2.05) is 20.8 Å². The second-order valence-corrected chi connectivity index (χ2v) is 3.69. The van der Waals surface area contributed by atoms with Crippen molar-refractivity contribution < 1.29 is 14.6 Å². The molecule has 16 heavy (non-hydrogen) atoms. The molecule has 1 rings (SSSR count). The molecule has 90 valence electrons. The monoisotopic (exact) mass is 226 g/mol. The van der Waals surface area contributed by atoms with Crippen molar-refractivity contribution in [3.05, 3.63) is 17.5 Å². The first-order chi connectivity index (χ1) is 7.63. The molecule has 0 aliphatic heterocycles. The Morgan fingerprint density at radius 2 is 2.12 bits per heavy atom. The van der Waals surface area contributed by atoms with Gasteiger partial charge < -0.3 is 14.6 Å². The van der Waals surface area contributed by atoms with E-state index in [2.05, 4.69) is 9.97 Å². The predicted octanol–water partition coefficient (Wildman–Crippen LogP) is 1.08. The number of aryl methyl sites for hydroxylation is 1. The van der Waals surface area contributed by atoms with E-state index in [1.165, 1.54) is 0 Å². The second-order valence-electron chi connectivity index (χ2n) is 3.69. The second kappa shape index (κ2) is 6.40. The zero-order valence-corrected chi connectivity index (χ0v) is 9.93. The maximum absolute atomic E-state index is 8.94. The third-order valence-corrected chi connectivity index (χ3v) is 1.99. The fourth-order valence-corrected chi connectivity index (χ4v) is 1.11. The molecule has 0 spiro atoms. The summed E-state index contributed by atoms with van der Waals surface area (Å²) in [6, 6.07) is 0.321. The zero-order chi connectivity index (χ0) is 12.0. The molecular weight excluding hydrogens is 208 g/mol. The molecule has 0 unspecified atom stereocenters. The summed E-state index contributed by atoms with van der Waals surface area (Å²) in [5.74, 6) is 0. The van der Waals surface area contributed by atoms with Gasteiger partial charge in [0.25, 0.3) is 0 Å². The van der Waals surface area contributed by atoms with Gasteiger partial charge in [-0.05, 0) is 20.8 Å². The average Bonchev–Trinajstić information content (AvgIpc) is 2.24. The first-order valence-corrected chi connectivity index (χ1v) is 5.31. The third-order valence-electron chi connectivity index (χ3n) is 1.99. The van der Waals surface area contributed by atoms with Crippen LogP contribution in [0.2, 0.25) is 0 Å². The number of aromatic nitrogens is 2. The quantitative estimate of drug-likeness (QED) is 0.735. The minimum absolute atomic E-state index is 0.0530. The molecule has 1 aromatic rings. The molecule has 0 radical (unpaired) electrons. The van der Waals surface area contributed by atoms with Crippen molar-refractivity contribution in [3.8, 4) is 6.01 Å². The Hall–Kier alpha value is -1.20. The SMILES string of the molecule is Cc1nc(OCCOC(C)C)ncc1CO. The highest BCUT2D eigenvalue weighted by atomic mass is 16.5. The van der Waals surface area contributed by atoms with E-state index < -0.39 is 0 Å². The molecule has 0 aromatic carbocycles. The van der Waals surface area contributed by atoms with E-state index in [4.69, 9.17) is 14.6 Å². The van der Waals surface area contributed by atoms with E-state index >= 15 is 0 Å². The van der Waals surface area contributed by atoms with E-state index in [-0.39, 0.29) is 12.7 Å². The number of nitrogens with zero attached hydrogens (tertiary/aromatic N) is 2. The number of hydrogen-bond donors (Lipinski definition) is 1. The topological polar surface area (TPSA) is 64.5 Å². The molecule has 0 bridgehead atoms. The molecule has 0 amide bonds. The highest BCUT2D eigenvalue weighted by Crippen LogP contribution is 2.08. The lowest BCUT2D eigenvalue weighted by Crippen LogP contribution is -2.12. The molecule has 0 fully saturated rings. The molecule has 0 aliphatic carbocycles. The van der Waals surface area contributed by atoms with E-state index in [9.17, 15) is 0 Å². The van der Waals surface area contributed by atoms with Crippen LogP contribution in [0.3, 0.4) is 0 Å². The van der Waals surface area contributed by atoms with Gasteiger partial charge in [0.2, 0.25) is 0 Å². The highest BCUT2D eigenvalue weighted by Gasteiger charge is 2.03. The van der Waals surface area contributed by atoms with E-state index in [0.717, 1.165) is 5.69 Å². The van der Waals surface area contributed by atoms with Gasteiger partial charge in [-0.2, -0.15) is 0 Å². The van der Waals surface area contributed by atoms with Gasteiger partial charge in [0.05, 0.1) is 25.0 Å². The van der Waals surface area contributed by atoms with Crippen molar-refractivity contribution >= 4 is 0 Å². The van der Waals surface area contributed by atoms with Crippen LogP contribution in [0.5, 0.6) is 6.01 Å². The van der Waals surface area contributed by atoms with Gasteiger partial charge in [0.15, 0.2) is 0 Å². The lowest BCUT2D eigenvalue weighted by molar-refractivity contribution is 0.0530. The van der Waals surface area contributed by atoms with Crippen LogP contribution in [0.25, 0.3) is 0 Å². The van der Waals surface area contributed by atoms with Crippen LogP contribution >= 0.6 is 0 Å². The summed E-state index contributed by atoms with van der Waals surface area (Å²) in [5, 5.41) is 8.94. The summed E-state index contributed by atoms with van der Waals surface area (Å²) < 4.78 is 10.6. The molecule has 0 saturated carbocycles. The predicted molar refractivity (Wildman–Crippen MR) is 59.3 cm³/mol. The summed E-state index contributed by atoms with van der Waals surface area (Å²) >= 11 is 0. The van der Waals surface area contributed by atoms with Crippen LogP contribution in [0.1, 0.15) is 25.1 Å². The molecule has 5 nitrogen and oxygen atoms in total. The van der Waals surface area contributed by atoms with Crippen molar-refractivity contribution in [3.63, 3.8) is 0 Å². The Bertz CT molecular complexity index is 329. The number of ether oxygens (including phenoxy) is 2. The Morgan fingerprint density at radius 3 is 2.69 bits per heavy atom. The van der Waals surface area contributed by atoms with Gasteiger partial charge in [-0.15, -0.1) is 0 Å². The lowest BCUT2D eigenvalue weighted by Gasteiger charge is -2.09. The van der Waals surface area contributed by atoms with E-state index in [0.29, 0.717) is 24.8 Å². The summed E-state index contributed by atoms with van der Waals surface area (Å²) in [5.41, 5.74) is 1.45. The molecule has 0 atom stereocenters. The van der Waals surface area contributed by atoms with Crippen LogP contribution in [-0.2, 0) is 11.3 Å². The summed E-state index contributed by atoms with van der Waals surface area (Å²) in [6.45, 7) is 6.64. The smallest absolute Gasteiger partial charge is 0.316 e. The van der Waals surface area contributed by atoms with Crippen molar-refractivity contribution in [2.45, 2.75) is 33.5 Å². The van der Waals surface area contributed by atoms with Gasteiger partial charge in [0.1, 0.15) is 6.61 Å². The van der Waals surface area contributed by atoms with Gasteiger partial charge in [-0.1, -0.05) is 0 Å². The molecule has 1 N–H and O–H groups in total. The average molecular weight is 226 g/mol. The minimum Gasteiger partial charge on any atom is -0.461 e. The van der Waals surface area contributed by atoms with Crippen molar-refractivity contribution in [1.82, 2.24) is 9.97 Å². The molecule has 0 saturated heterocycles. The first kappa shape index (κ1) is 12.9. The first-order valence-electron chi connectivity index (χ1n) is 5.31. The van der Waals surface area contributed by atoms with Gasteiger partial charge in [-0.3, -0.25) is 0 Å². The summed E-state index contributed by atoms with van der Waals surface area (Å²) in [7, 11) is 0. The molecule has 5 heteroatoms. The van der Waals surface area contributed by atoms with Crippen LogP contribution in [0.4, 0.5) is 0 Å². The molecule has 1 heterocycles. The van der Waals surface area contributed by atoms with Gasteiger partial charge in [-0.25, -0.2) is 9.97 Å². The van der Waals surface area contributed by atoms with Crippen LogP contribution in [0, 0.1) is 6.92 Å². The Morgan fingerprint density at radius 1 is 1.38 bits per heavy atom. The fourth-order valence-electron chi connectivity index (χ4n) is 1.11. The number of hydrogen-bond acceptors (Lipinski definition) is 5. The Balaban J connectivity index is 2.40. The fraction of sp³-hybridized carbons (Fsp3) is 0.636. The van der Waals surface area contributed by atoms with Crippen LogP contribution in [-0.4, -0.2) is 34.4 Å². The summed E-state index contributed by atoms with van der Waals surface area (Å²) in [4.78, 5) is 8.09. The maximum atomic E-state index is 8.94. The largest absolute Gasteiger partial charge is 0.461 e. The van der Waals surface area contributed by atoms with Crippen molar-refractivity contribution in [1.29, 1.82) is 0 Å².